The van der Waals surface area contributed by atoms with Crippen molar-refractivity contribution in [2.75, 3.05) is 50.7 Å². The fourth-order valence-electron chi connectivity index (χ4n) is 3.52. The average molecular weight is 431 g/mol. The lowest BCUT2D eigenvalue weighted by Gasteiger charge is -2.35. The standard InChI is InChI=1S/C22H30N4O3S/c1-17-9-10-19(15-20(17)24-30(3,28)29)22(27)23-21(18-7-5-4-6-8-18)16-26-13-11-25(2)12-14-26/h4-10,15,21,24H,11-14,16H2,1-3H3,(H,23,27). The Bertz CT molecular complexity index is 971. The summed E-state index contributed by atoms with van der Waals surface area (Å²) in [6.45, 7) is 6.46. The number of hydrogen-bond donors (Lipinski definition) is 2. The molecule has 8 heteroatoms. The van der Waals surface area contributed by atoms with E-state index in [0.717, 1.165) is 50.1 Å². The van der Waals surface area contributed by atoms with Gasteiger partial charge in [0.2, 0.25) is 10.0 Å². The van der Waals surface area contributed by atoms with Gasteiger partial charge in [0.25, 0.3) is 5.91 Å². The van der Waals surface area contributed by atoms with Crippen molar-refractivity contribution in [1.82, 2.24) is 15.1 Å². The lowest BCUT2D eigenvalue weighted by atomic mass is 10.0. The van der Waals surface area contributed by atoms with E-state index in [2.05, 4.69) is 26.9 Å². The highest BCUT2D eigenvalue weighted by Gasteiger charge is 2.22. The van der Waals surface area contributed by atoms with E-state index in [1.54, 1.807) is 25.1 Å². The molecule has 1 aliphatic rings. The average Bonchev–Trinajstić information content (AvgIpc) is 2.70. The van der Waals surface area contributed by atoms with Crippen LogP contribution in [0.5, 0.6) is 0 Å². The molecule has 162 valence electrons. The van der Waals surface area contributed by atoms with Crippen LogP contribution in [0.15, 0.2) is 48.5 Å². The summed E-state index contributed by atoms with van der Waals surface area (Å²) in [6.07, 6.45) is 1.10. The number of anilines is 1. The summed E-state index contributed by atoms with van der Waals surface area (Å²) in [6, 6.07) is 14.8. The van der Waals surface area contributed by atoms with Gasteiger partial charge < -0.3 is 10.2 Å². The van der Waals surface area contributed by atoms with Gasteiger partial charge in [0.15, 0.2) is 0 Å². The molecule has 1 aliphatic heterocycles. The van der Waals surface area contributed by atoms with E-state index in [0.29, 0.717) is 11.3 Å². The fourth-order valence-corrected chi connectivity index (χ4v) is 4.14. The predicted molar refractivity (Wildman–Crippen MR) is 120 cm³/mol. The van der Waals surface area contributed by atoms with Gasteiger partial charge >= 0.3 is 0 Å². The summed E-state index contributed by atoms with van der Waals surface area (Å²) >= 11 is 0. The Hall–Kier alpha value is -2.42. The normalized spacial score (nSPS) is 16.8. The number of carbonyl (C=O) groups excluding carboxylic acids is 1. The number of rotatable bonds is 7. The second-order valence-electron chi connectivity index (χ2n) is 7.94. The fraction of sp³-hybridized carbons (Fsp3) is 0.409. The first-order chi connectivity index (χ1) is 14.2. The maximum absolute atomic E-state index is 13.0. The van der Waals surface area contributed by atoms with Crippen LogP contribution in [-0.4, -0.2) is 70.2 Å². The first kappa shape index (κ1) is 22.3. The van der Waals surface area contributed by atoms with Crippen LogP contribution in [0.4, 0.5) is 5.69 Å². The van der Waals surface area contributed by atoms with E-state index in [1.165, 1.54) is 0 Å². The summed E-state index contributed by atoms with van der Waals surface area (Å²) in [7, 11) is -1.31. The zero-order valence-corrected chi connectivity index (χ0v) is 18.6. The first-order valence-corrected chi connectivity index (χ1v) is 12.0. The number of benzene rings is 2. The topological polar surface area (TPSA) is 81.8 Å². The van der Waals surface area contributed by atoms with E-state index in [4.69, 9.17) is 0 Å². The van der Waals surface area contributed by atoms with Crippen molar-refractivity contribution in [2.24, 2.45) is 0 Å². The summed E-state index contributed by atoms with van der Waals surface area (Å²) in [5, 5.41) is 3.15. The Morgan fingerprint density at radius 2 is 1.73 bits per heavy atom. The van der Waals surface area contributed by atoms with Crippen LogP contribution in [0.1, 0.15) is 27.5 Å². The molecule has 1 amide bonds. The smallest absolute Gasteiger partial charge is 0.251 e. The Kier molecular flexibility index (Phi) is 7.12. The molecular formula is C22H30N4O3S. The first-order valence-electron chi connectivity index (χ1n) is 10.1. The minimum absolute atomic E-state index is 0.158. The molecule has 0 aliphatic carbocycles. The summed E-state index contributed by atoms with van der Waals surface area (Å²) < 4.78 is 25.7. The van der Waals surface area contributed by atoms with E-state index < -0.39 is 10.0 Å². The quantitative estimate of drug-likeness (QED) is 0.703. The van der Waals surface area contributed by atoms with Gasteiger partial charge in [-0.05, 0) is 37.2 Å². The zero-order chi connectivity index (χ0) is 21.7. The Morgan fingerprint density at radius 1 is 1.07 bits per heavy atom. The summed E-state index contributed by atoms with van der Waals surface area (Å²) in [5.41, 5.74) is 2.65. The monoisotopic (exact) mass is 430 g/mol. The highest BCUT2D eigenvalue weighted by atomic mass is 32.2. The highest BCUT2D eigenvalue weighted by molar-refractivity contribution is 7.92. The zero-order valence-electron chi connectivity index (χ0n) is 17.8. The molecule has 2 N–H and O–H groups in total. The van der Waals surface area contributed by atoms with Crippen LogP contribution in [0.3, 0.4) is 0 Å². The SMILES string of the molecule is Cc1ccc(C(=O)NC(CN2CCN(C)CC2)c2ccccc2)cc1NS(C)(=O)=O. The van der Waals surface area contributed by atoms with Gasteiger partial charge in [-0.2, -0.15) is 0 Å². The third kappa shape index (κ3) is 6.29. The molecule has 1 atom stereocenters. The van der Waals surface area contributed by atoms with Crippen LogP contribution in [-0.2, 0) is 10.0 Å². The third-order valence-electron chi connectivity index (χ3n) is 5.34. The van der Waals surface area contributed by atoms with E-state index in [1.807, 2.05) is 30.3 Å². The molecule has 2 aromatic rings. The second-order valence-corrected chi connectivity index (χ2v) is 9.69. The number of aryl methyl sites for hydroxylation is 1. The third-order valence-corrected chi connectivity index (χ3v) is 5.93. The molecule has 1 heterocycles. The molecule has 0 bridgehead atoms. The highest BCUT2D eigenvalue weighted by Crippen LogP contribution is 2.20. The number of likely N-dealkylation sites (N-methyl/N-ethyl adjacent to an activating group) is 1. The molecule has 0 radical (unpaired) electrons. The summed E-state index contributed by atoms with van der Waals surface area (Å²) in [4.78, 5) is 17.7. The van der Waals surface area contributed by atoms with Crippen molar-refractivity contribution in [3.05, 3.63) is 65.2 Å². The molecule has 1 saturated heterocycles. The van der Waals surface area contributed by atoms with Gasteiger partial charge in [0, 0.05) is 38.3 Å². The molecule has 0 saturated carbocycles. The van der Waals surface area contributed by atoms with Crippen molar-refractivity contribution < 1.29 is 13.2 Å². The molecule has 2 aromatic carbocycles. The minimum Gasteiger partial charge on any atom is -0.344 e. The van der Waals surface area contributed by atoms with Gasteiger partial charge in [-0.15, -0.1) is 0 Å². The molecular weight excluding hydrogens is 400 g/mol. The molecule has 0 spiro atoms. The second kappa shape index (κ2) is 9.59. The van der Waals surface area contributed by atoms with Crippen LogP contribution >= 0.6 is 0 Å². The number of nitrogens with one attached hydrogen (secondary N) is 2. The minimum atomic E-state index is -3.42. The number of piperazine rings is 1. The maximum Gasteiger partial charge on any atom is 0.251 e. The van der Waals surface area contributed by atoms with E-state index in [9.17, 15) is 13.2 Å². The molecule has 3 rings (SSSR count). The van der Waals surface area contributed by atoms with Crippen molar-refractivity contribution >= 4 is 21.6 Å². The van der Waals surface area contributed by atoms with Crippen LogP contribution < -0.4 is 10.0 Å². The molecule has 7 nitrogen and oxygen atoms in total. The Balaban J connectivity index is 1.78. The molecule has 1 fully saturated rings. The molecule has 30 heavy (non-hydrogen) atoms. The van der Waals surface area contributed by atoms with Crippen molar-refractivity contribution in [3.8, 4) is 0 Å². The largest absolute Gasteiger partial charge is 0.344 e. The predicted octanol–water partition coefficient (Wildman–Crippen LogP) is 2.09. The van der Waals surface area contributed by atoms with Crippen LogP contribution in [0.25, 0.3) is 0 Å². The van der Waals surface area contributed by atoms with Crippen LogP contribution in [0.2, 0.25) is 0 Å². The lowest BCUT2D eigenvalue weighted by molar-refractivity contribution is 0.0907. The van der Waals surface area contributed by atoms with Crippen LogP contribution in [0, 0.1) is 6.92 Å². The van der Waals surface area contributed by atoms with Gasteiger partial charge in [0.1, 0.15) is 0 Å². The van der Waals surface area contributed by atoms with Gasteiger partial charge in [-0.25, -0.2) is 8.42 Å². The van der Waals surface area contributed by atoms with Crippen molar-refractivity contribution in [1.29, 1.82) is 0 Å². The maximum atomic E-state index is 13.0. The van der Waals surface area contributed by atoms with Crippen molar-refractivity contribution in [2.45, 2.75) is 13.0 Å². The lowest BCUT2D eigenvalue weighted by Crippen LogP contribution is -2.47. The number of nitrogens with zero attached hydrogens (tertiary/aromatic N) is 2. The number of sulfonamides is 1. The number of hydrogen-bond acceptors (Lipinski definition) is 5. The molecule has 1 unspecified atom stereocenters. The van der Waals surface area contributed by atoms with E-state index in [-0.39, 0.29) is 11.9 Å². The summed E-state index contributed by atoms with van der Waals surface area (Å²) in [5.74, 6) is -0.227. The Morgan fingerprint density at radius 3 is 2.37 bits per heavy atom. The number of carbonyl (C=O) groups is 1. The van der Waals surface area contributed by atoms with Gasteiger partial charge in [-0.3, -0.25) is 14.4 Å². The molecule has 0 aromatic heterocycles. The van der Waals surface area contributed by atoms with Crippen molar-refractivity contribution in [3.63, 3.8) is 0 Å². The number of amides is 1. The van der Waals surface area contributed by atoms with E-state index >= 15 is 0 Å². The van der Waals surface area contributed by atoms with Gasteiger partial charge in [0.05, 0.1) is 18.0 Å². The van der Waals surface area contributed by atoms with Gasteiger partial charge in [-0.1, -0.05) is 36.4 Å². The Labute approximate surface area is 179 Å².